The van der Waals surface area contributed by atoms with Crippen LogP contribution in [0.1, 0.15) is 40.0 Å². The summed E-state index contributed by atoms with van der Waals surface area (Å²) in [5.41, 5.74) is -1.40. The number of likely N-dealkylation sites (tertiary alicyclic amines) is 1. The smallest absolute Gasteiger partial charge is 0.338 e. The van der Waals surface area contributed by atoms with E-state index in [0.29, 0.717) is 18.6 Å². The van der Waals surface area contributed by atoms with Crippen LogP contribution in [0.3, 0.4) is 0 Å². The van der Waals surface area contributed by atoms with Gasteiger partial charge in [0.15, 0.2) is 5.60 Å². The Morgan fingerprint density at radius 1 is 1.56 bits per heavy atom. The molecule has 1 fully saturated rings. The Labute approximate surface area is 97.6 Å². The van der Waals surface area contributed by atoms with Crippen molar-refractivity contribution in [3.05, 3.63) is 0 Å². The fourth-order valence-electron chi connectivity index (χ4n) is 2.49. The van der Waals surface area contributed by atoms with Crippen LogP contribution in [-0.4, -0.2) is 47.3 Å². The van der Waals surface area contributed by atoms with Gasteiger partial charge in [0.2, 0.25) is 0 Å². The lowest BCUT2D eigenvalue weighted by Crippen LogP contribution is -2.50. The predicted octanol–water partition coefficient (Wildman–Crippen LogP) is 1.17. The third-order valence-electron chi connectivity index (χ3n) is 3.54. The van der Waals surface area contributed by atoms with Crippen molar-refractivity contribution in [3.63, 3.8) is 0 Å². The third-order valence-corrected chi connectivity index (χ3v) is 3.54. The first-order valence-electron chi connectivity index (χ1n) is 5.99. The molecule has 0 spiro atoms. The molecule has 1 N–H and O–H groups in total. The second-order valence-electron chi connectivity index (χ2n) is 4.93. The maximum Gasteiger partial charge on any atom is 0.338 e. The first kappa shape index (κ1) is 13.5. The van der Waals surface area contributed by atoms with E-state index in [-0.39, 0.29) is 0 Å². The maximum atomic E-state index is 11.4. The lowest BCUT2D eigenvalue weighted by atomic mass is 10.1. The van der Waals surface area contributed by atoms with Crippen LogP contribution in [0.2, 0.25) is 0 Å². The summed E-state index contributed by atoms with van der Waals surface area (Å²) in [5.74, 6) is -0.554. The van der Waals surface area contributed by atoms with Gasteiger partial charge in [-0.2, -0.15) is 0 Å². The summed E-state index contributed by atoms with van der Waals surface area (Å²) in [6, 6.07) is 0.909. The van der Waals surface area contributed by atoms with Crippen molar-refractivity contribution in [1.29, 1.82) is 0 Å². The number of carbonyl (C=O) groups excluding carboxylic acids is 1. The van der Waals surface area contributed by atoms with E-state index in [2.05, 4.69) is 23.5 Å². The number of esters is 1. The van der Waals surface area contributed by atoms with E-state index in [1.165, 1.54) is 14.0 Å². The molecule has 0 radical (unpaired) electrons. The minimum atomic E-state index is -1.40. The molecular formula is C12H23NO3. The van der Waals surface area contributed by atoms with Gasteiger partial charge in [-0.05, 0) is 33.1 Å². The number of methoxy groups -OCH3 is 1. The Morgan fingerprint density at radius 2 is 2.19 bits per heavy atom. The second-order valence-corrected chi connectivity index (χ2v) is 4.93. The summed E-state index contributed by atoms with van der Waals surface area (Å²) in [5, 5.41) is 10.1. The molecule has 0 bridgehead atoms. The number of hydrogen-bond acceptors (Lipinski definition) is 4. The first-order valence-corrected chi connectivity index (χ1v) is 5.99. The van der Waals surface area contributed by atoms with E-state index in [9.17, 15) is 9.90 Å². The van der Waals surface area contributed by atoms with Gasteiger partial charge in [-0.1, -0.05) is 6.92 Å². The minimum Gasteiger partial charge on any atom is -0.467 e. The van der Waals surface area contributed by atoms with Gasteiger partial charge in [-0.25, -0.2) is 4.79 Å². The number of nitrogens with zero attached hydrogens (tertiary/aromatic N) is 1. The summed E-state index contributed by atoms with van der Waals surface area (Å²) < 4.78 is 4.61. The topological polar surface area (TPSA) is 49.8 Å². The summed E-state index contributed by atoms with van der Waals surface area (Å²) in [6.07, 6.45) is 3.34. The van der Waals surface area contributed by atoms with Crippen LogP contribution in [0, 0.1) is 0 Å². The number of rotatable bonds is 4. The van der Waals surface area contributed by atoms with Crippen molar-refractivity contribution in [2.45, 2.75) is 57.7 Å². The lowest BCUT2D eigenvalue weighted by Gasteiger charge is -2.33. The van der Waals surface area contributed by atoms with E-state index in [1.807, 2.05) is 0 Å². The van der Waals surface area contributed by atoms with Crippen LogP contribution in [-0.2, 0) is 9.53 Å². The quantitative estimate of drug-likeness (QED) is 0.735. The summed E-state index contributed by atoms with van der Waals surface area (Å²) in [7, 11) is 1.31. The molecule has 1 saturated heterocycles. The standard InChI is InChI=1S/C12H23NO3/c1-5-10-7-6-9(2)13(10)8-12(3,15)11(14)16-4/h9-10,15H,5-8H2,1-4H3. The molecular weight excluding hydrogens is 206 g/mol. The van der Waals surface area contributed by atoms with Gasteiger partial charge in [-0.15, -0.1) is 0 Å². The molecule has 0 amide bonds. The molecule has 3 atom stereocenters. The molecule has 1 aliphatic rings. The van der Waals surface area contributed by atoms with Crippen molar-refractivity contribution in [1.82, 2.24) is 4.90 Å². The fraction of sp³-hybridized carbons (Fsp3) is 0.917. The SMILES string of the molecule is CCC1CCC(C)N1CC(C)(O)C(=O)OC. The van der Waals surface area contributed by atoms with Gasteiger partial charge < -0.3 is 9.84 Å². The van der Waals surface area contributed by atoms with Crippen LogP contribution >= 0.6 is 0 Å². The van der Waals surface area contributed by atoms with Gasteiger partial charge in [0.25, 0.3) is 0 Å². The molecule has 0 saturated carbocycles. The van der Waals surface area contributed by atoms with Gasteiger partial charge >= 0.3 is 5.97 Å². The third kappa shape index (κ3) is 2.74. The van der Waals surface area contributed by atoms with Gasteiger partial charge in [0, 0.05) is 18.6 Å². The Bertz CT molecular complexity index is 253. The Morgan fingerprint density at radius 3 is 2.69 bits per heavy atom. The summed E-state index contributed by atoms with van der Waals surface area (Å²) in [4.78, 5) is 13.6. The molecule has 0 aliphatic carbocycles. The van der Waals surface area contributed by atoms with E-state index in [0.717, 1.165) is 19.3 Å². The van der Waals surface area contributed by atoms with Crippen LogP contribution in [0.15, 0.2) is 0 Å². The molecule has 16 heavy (non-hydrogen) atoms. The van der Waals surface area contributed by atoms with Crippen molar-refractivity contribution in [2.24, 2.45) is 0 Å². The van der Waals surface area contributed by atoms with Crippen LogP contribution in [0.5, 0.6) is 0 Å². The highest BCUT2D eigenvalue weighted by Gasteiger charge is 2.39. The average Bonchev–Trinajstić information content (AvgIpc) is 2.58. The number of carbonyl (C=O) groups is 1. The molecule has 4 heteroatoms. The number of β-amino-alcohol motifs (C(OH)–C–C–N with tert-alkyl or cyclic N) is 1. The fourth-order valence-corrected chi connectivity index (χ4v) is 2.49. The molecule has 1 heterocycles. The molecule has 94 valence electrons. The van der Waals surface area contributed by atoms with Crippen molar-refractivity contribution in [2.75, 3.05) is 13.7 Å². The number of aliphatic hydroxyl groups is 1. The minimum absolute atomic E-state index is 0.360. The highest BCUT2D eigenvalue weighted by molar-refractivity contribution is 5.78. The zero-order valence-corrected chi connectivity index (χ0v) is 10.7. The normalized spacial score (nSPS) is 30.1. The molecule has 0 aromatic heterocycles. The Balaban J connectivity index is 2.67. The van der Waals surface area contributed by atoms with Crippen molar-refractivity contribution >= 4 is 5.97 Å². The van der Waals surface area contributed by atoms with Crippen LogP contribution in [0.25, 0.3) is 0 Å². The highest BCUT2D eigenvalue weighted by atomic mass is 16.5. The van der Waals surface area contributed by atoms with E-state index in [4.69, 9.17) is 0 Å². The second kappa shape index (κ2) is 5.15. The molecule has 0 aromatic rings. The Kier molecular flexibility index (Phi) is 4.33. The molecule has 1 rings (SSSR count). The highest BCUT2D eigenvalue weighted by Crippen LogP contribution is 2.27. The summed E-state index contributed by atoms with van der Waals surface area (Å²) >= 11 is 0. The van der Waals surface area contributed by atoms with E-state index in [1.54, 1.807) is 0 Å². The molecule has 4 nitrogen and oxygen atoms in total. The van der Waals surface area contributed by atoms with E-state index < -0.39 is 11.6 Å². The van der Waals surface area contributed by atoms with Crippen LogP contribution < -0.4 is 0 Å². The van der Waals surface area contributed by atoms with Crippen molar-refractivity contribution in [3.8, 4) is 0 Å². The zero-order chi connectivity index (χ0) is 12.3. The molecule has 0 aromatic carbocycles. The Hall–Kier alpha value is -0.610. The predicted molar refractivity (Wildman–Crippen MR) is 62.1 cm³/mol. The zero-order valence-electron chi connectivity index (χ0n) is 10.7. The van der Waals surface area contributed by atoms with Gasteiger partial charge in [-0.3, -0.25) is 4.90 Å². The van der Waals surface area contributed by atoms with Gasteiger partial charge in [0.05, 0.1) is 7.11 Å². The summed E-state index contributed by atoms with van der Waals surface area (Å²) in [6.45, 7) is 6.17. The average molecular weight is 229 g/mol. The van der Waals surface area contributed by atoms with Crippen LogP contribution in [0.4, 0.5) is 0 Å². The largest absolute Gasteiger partial charge is 0.467 e. The maximum absolute atomic E-state index is 11.4. The first-order chi connectivity index (χ1) is 7.42. The molecule has 3 unspecified atom stereocenters. The lowest BCUT2D eigenvalue weighted by molar-refractivity contribution is -0.163. The van der Waals surface area contributed by atoms with Gasteiger partial charge in [0.1, 0.15) is 0 Å². The van der Waals surface area contributed by atoms with E-state index >= 15 is 0 Å². The number of hydrogen-bond donors (Lipinski definition) is 1. The van der Waals surface area contributed by atoms with Crippen molar-refractivity contribution < 1.29 is 14.6 Å². The molecule has 1 aliphatic heterocycles. The number of ether oxygens (including phenoxy) is 1. The monoisotopic (exact) mass is 229 g/mol.